The van der Waals surface area contributed by atoms with E-state index in [9.17, 15) is 18.0 Å². The maximum Gasteiger partial charge on any atom is 0.244 e. The number of hydrogen-bond acceptors (Lipinski definition) is 5. The minimum atomic E-state index is -3.79. The van der Waals surface area contributed by atoms with Crippen molar-refractivity contribution in [3.05, 3.63) is 90.5 Å². The van der Waals surface area contributed by atoms with E-state index in [2.05, 4.69) is 5.32 Å². The van der Waals surface area contributed by atoms with E-state index < -0.39 is 28.5 Å². The highest BCUT2D eigenvalue weighted by Gasteiger charge is 2.29. The van der Waals surface area contributed by atoms with Crippen molar-refractivity contribution >= 4 is 27.5 Å². The number of likely N-dealkylation sites (N-methyl/N-ethyl adjacent to an activating group) is 1. The molecule has 0 aliphatic heterocycles. The van der Waals surface area contributed by atoms with Gasteiger partial charge in [0, 0.05) is 13.6 Å². The Hall–Kier alpha value is -3.85. The topological polar surface area (TPSA) is 96.0 Å². The van der Waals surface area contributed by atoms with E-state index in [4.69, 9.17) is 4.74 Å². The normalized spacial score (nSPS) is 11.9. The molecule has 0 heterocycles. The van der Waals surface area contributed by atoms with Crippen molar-refractivity contribution in [2.75, 3.05) is 30.7 Å². The minimum Gasteiger partial charge on any atom is -0.457 e. The molecule has 0 aliphatic rings. The largest absolute Gasteiger partial charge is 0.457 e. The highest BCUT2D eigenvalue weighted by atomic mass is 32.2. The molecule has 2 amide bonds. The first-order valence-corrected chi connectivity index (χ1v) is 13.4. The summed E-state index contributed by atoms with van der Waals surface area (Å²) in [5.41, 5.74) is 1.33. The predicted molar refractivity (Wildman–Crippen MR) is 141 cm³/mol. The number of anilines is 1. The van der Waals surface area contributed by atoms with Crippen LogP contribution < -0.4 is 14.4 Å². The third kappa shape index (κ3) is 7.32. The Morgan fingerprint density at radius 2 is 1.44 bits per heavy atom. The van der Waals surface area contributed by atoms with Gasteiger partial charge in [-0.15, -0.1) is 0 Å². The fraction of sp³-hybridized carbons (Fsp3) is 0.259. The number of hydrogen-bond donors (Lipinski definition) is 1. The summed E-state index contributed by atoms with van der Waals surface area (Å²) < 4.78 is 32.1. The number of rotatable bonds is 11. The molecule has 0 fully saturated rings. The number of para-hydroxylation sites is 1. The second-order valence-corrected chi connectivity index (χ2v) is 10.2. The number of amides is 2. The molecule has 0 spiro atoms. The quantitative estimate of drug-likeness (QED) is 0.427. The zero-order chi connectivity index (χ0) is 26.1. The van der Waals surface area contributed by atoms with Gasteiger partial charge in [-0.1, -0.05) is 48.5 Å². The van der Waals surface area contributed by atoms with Gasteiger partial charge in [-0.05, 0) is 55.3 Å². The van der Waals surface area contributed by atoms with Crippen LogP contribution in [0, 0.1) is 0 Å². The Balaban J connectivity index is 1.80. The molecule has 0 unspecified atom stereocenters. The first-order valence-electron chi connectivity index (χ1n) is 11.5. The van der Waals surface area contributed by atoms with Gasteiger partial charge < -0.3 is 15.0 Å². The van der Waals surface area contributed by atoms with Crippen molar-refractivity contribution in [3.8, 4) is 11.5 Å². The van der Waals surface area contributed by atoms with E-state index in [1.165, 1.54) is 11.9 Å². The number of benzene rings is 3. The molecule has 1 N–H and O–H groups in total. The summed E-state index contributed by atoms with van der Waals surface area (Å²) in [5, 5.41) is 2.56. The van der Waals surface area contributed by atoms with Gasteiger partial charge in [0.25, 0.3) is 0 Å². The smallest absolute Gasteiger partial charge is 0.244 e. The van der Waals surface area contributed by atoms with Crippen LogP contribution in [0.25, 0.3) is 0 Å². The Labute approximate surface area is 212 Å². The fourth-order valence-electron chi connectivity index (χ4n) is 3.70. The predicted octanol–water partition coefficient (Wildman–Crippen LogP) is 3.45. The van der Waals surface area contributed by atoms with E-state index >= 15 is 0 Å². The van der Waals surface area contributed by atoms with E-state index in [-0.39, 0.29) is 12.5 Å². The lowest BCUT2D eigenvalue weighted by atomic mass is 10.1. The van der Waals surface area contributed by atoms with E-state index in [0.717, 1.165) is 16.1 Å². The van der Waals surface area contributed by atoms with Gasteiger partial charge in [-0.3, -0.25) is 13.9 Å². The maximum absolute atomic E-state index is 13.4. The SMILES string of the molecule is CNC(=O)[C@@H](C)N(CCc1ccccc1)C(=O)CN(c1ccc(Oc2ccccc2)cc1)S(C)(=O)=O. The van der Waals surface area contributed by atoms with Crippen LogP contribution in [0.5, 0.6) is 11.5 Å². The van der Waals surface area contributed by atoms with Gasteiger partial charge in [0.15, 0.2) is 0 Å². The highest BCUT2D eigenvalue weighted by molar-refractivity contribution is 7.92. The van der Waals surface area contributed by atoms with Crippen LogP contribution in [0.3, 0.4) is 0 Å². The lowest BCUT2D eigenvalue weighted by molar-refractivity contribution is -0.138. The molecule has 0 saturated heterocycles. The van der Waals surface area contributed by atoms with Crippen molar-refractivity contribution in [1.82, 2.24) is 10.2 Å². The van der Waals surface area contributed by atoms with Gasteiger partial charge in [-0.25, -0.2) is 8.42 Å². The minimum absolute atomic E-state index is 0.263. The van der Waals surface area contributed by atoms with Crippen LogP contribution in [-0.2, 0) is 26.0 Å². The molecule has 1 atom stereocenters. The van der Waals surface area contributed by atoms with Crippen molar-refractivity contribution in [2.45, 2.75) is 19.4 Å². The Morgan fingerprint density at radius 3 is 2.00 bits per heavy atom. The lowest BCUT2D eigenvalue weighted by Crippen LogP contribution is -2.51. The molecule has 9 heteroatoms. The summed E-state index contributed by atoms with van der Waals surface area (Å²) >= 11 is 0. The molecular formula is C27H31N3O5S. The molecule has 190 valence electrons. The van der Waals surface area contributed by atoms with Crippen LogP contribution >= 0.6 is 0 Å². The van der Waals surface area contributed by atoms with E-state index in [0.29, 0.717) is 23.6 Å². The van der Waals surface area contributed by atoms with Crippen molar-refractivity contribution in [2.24, 2.45) is 0 Å². The van der Waals surface area contributed by atoms with Crippen LogP contribution in [-0.4, -0.2) is 57.6 Å². The highest BCUT2D eigenvalue weighted by Crippen LogP contribution is 2.25. The molecule has 3 aromatic rings. The number of nitrogens with zero attached hydrogens (tertiary/aromatic N) is 2. The van der Waals surface area contributed by atoms with Crippen LogP contribution in [0.15, 0.2) is 84.9 Å². The average molecular weight is 510 g/mol. The van der Waals surface area contributed by atoms with E-state index in [1.54, 1.807) is 31.2 Å². The first kappa shape index (κ1) is 26.7. The zero-order valence-electron chi connectivity index (χ0n) is 20.6. The second kappa shape index (κ2) is 12.2. The van der Waals surface area contributed by atoms with Crippen LogP contribution in [0.4, 0.5) is 5.69 Å². The molecule has 3 aromatic carbocycles. The fourth-order valence-corrected chi connectivity index (χ4v) is 4.55. The first-order chi connectivity index (χ1) is 17.2. The number of sulfonamides is 1. The van der Waals surface area contributed by atoms with Crippen molar-refractivity contribution < 1.29 is 22.7 Å². The van der Waals surface area contributed by atoms with Crippen molar-refractivity contribution in [3.63, 3.8) is 0 Å². The molecular weight excluding hydrogens is 478 g/mol. The second-order valence-electron chi connectivity index (χ2n) is 8.29. The summed E-state index contributed by atoms with van der Waals surface area (Å²) in [6.07, 6.45) is 1.57. The van der Waals surface area contributed by atoms with Crippen LogP contribution in [0.1, 0.15) is 12.5 Å². The average Bonchev–Trinajstić information content (AvgIpc) is 2.88. The molecule has 8 nitrogen and oxygen atoms in total. The molecule has 3 rings (SSSR count). The molecule has 36 heavy (non-hydrogen) atoms. The van der Waals surface area contributed by atoms with Gasteiger partial charge in [-0.2, -0.15) is 0 Å². The standard InChI is InChI=1S/C27H31N3O5S/c1-21(27(32)28-2)29(19-18-22-10-6-4-7-11-22)26(31)20-30(36(3,33)34)23-14-16-25(17-15-23)35-24-12-8-5-9-13-24/h4-17,21H,18-20H2,1-3H3,(H,28,32)/t21-/m1/s1. The van der Waals surface area contributed by atoms with Gasteiger partial charge in [0.05, 0.1) is 11.9 Å². The number of carbonyl (C=O) groups is 2. The summed E-state index contributed by atoms with van der Waals surface area (Å²) in [5.74, 6) is 0.377. The van der Waals surface area contributed by atoms with E-state index in [1.807, 2.05) is 60.7 Å². The van der Waals surface area contributed by atoms with Gasteiger partial charge in [0.2, 0.25) is 21.8 Å². The Bertz CT molecular complexity index is 1250. The molecule has 0 radical (unpaired) electrons. The number of nitrogens with one attached hydrogen (secondary N) is 1. The molecule has 0 aliphatic carbocycles. The maximum atomic E-state index is 13.4. The number of ether oxygens (including phenoxy) is 1. The molecule has 0 bridgehead atoms. The zero-order valence-corrected chi connectivity index (χ0v) is 21.4. The molecule has 0 saturated carbocycles. The molecule has 0 aromatic heterocycles. The van der Waals surface area contributed by atoms with Crippen molar-refractivity contribution in [1.29, 1.82) is 0 Å². The summed E-state index contributed by atoms with van der Waals surface area (Å²) in [4.78, 5) is 27.2. The summed E-state index contributed by atoms with van der Waals surface area (Å²) in [7, 11) is -2.29. The monoisotopic (exact) mass is 509 g/mol. The van der Waals surface area contributed by atoms with Crippen LogP contribution in [0.2, 0.25) is 0 Å². The third-order valence-corrected chi connectivity index (χ3v) is 6.82. The van der Waals surface area contributed by atoms with Gasteiger partial charge in [0.1, 0.15) is 24.1 Å². The summed E-state index contributed by atoms with van der Waals surface area (Å²) in [6.45, 7) is 1.45. The Morgan fingerprint density at radius 1 is 0.889 bits per heavy atom. The number of carbonyl (C=O) groups excluding carboxylic acids is 2. The summed E-state index contributed by atoms with van der Waals surface area (Å²) in [6, 6.07) is 24.5. The Kier molecular flexibility index (Phi) is 9.08. The lowest BCUT2D eigenvalue weighted by Gasteiger charge is -2.31. The third-order valence-electron chi connectivity index (χ3n) is 5.68. The van der Waals surface area contributed by atoms with Gasteiger partial charge >= 0.3 is 0 Å².